The molecule has 0 N–H and O–H groups in total. The summed E-state index contributed by atoms with van der Waals surface area (Å²) >= 11 is 0. The zero-order chi connectivity index (χ0) is 14.5. The number of hydrogen-bond acceptors (Lipinski definition) is 3. The third kappa shape index (κ3) is 5.64. The van der Waals surface area contributed by atoms with Crippen molar-refractivity contribution in [1.82, 2.24) is 0 Å². The molecule has 0 fully saturated rings. The van der Waals surface area contributed by atoms with Gasteiger partial charge in [0.1, 0.15) is 5.75 Å². The highest BCUT2D eigenvalue weighted by Gasteiger charge is 2.15. The molecule has 0 aliphatic rings. The minimum absolute atomic E-state index is 0.0541. The molecule has 0 amide bonds. The van der Waals surface area contributed by atoms with Crippen LogP contribution in [0.3, 0.4) is 0 Å². The van der Waals surface area contributed by atoms with Gasteiger partial charge in [0, 0.05) is 0 Å². The smallest absolute Gasteiger partial charge is 0.309 e. The number of benzene rings is 1. The van der Waals surface area contributed by atoms with Crippen LogP contribution in [0.25, 0.3) is 0 Å². The molecule has 0 saturated heterocycles. The second kappa shape index (κ2) is 6.42. The van der Waals surface area contributed by atoms with Crippen molar-refractivity contribution >= 4 is 10.1 Å². The molecule has 0 aromatic heterocycles. The van der Waals surface area contributed by atoms with Crippen molar-refractivity contribution in [1.29, 1.82) is 0 Å². The van der Waals surface area contributed by atoms with Crippen LogP contribution in [0.15, 0.2) is 24.3 Å². The standard InChI is InChI=1S/C15H24O3S/c1-5-6-7-12-19(16,17)18-14-10-8-13(9-11-14)15(2,3)4/h8-11H,5-7,12H2,1-4H3. The Hall–Kier alpha value is -1.03. The van der Waals surface area contributed by atoms with E-state index in [4.69, 9.17) is 4.18 Å². The van der Waals surface area contributed by atoms with Crippen LogP contribution in [0, 0.1) is 0 Å². The van der Waals surface area contributed by atoms with Crippen LogP contribution in [-0.2, 0) is 15.5 Å². The van der Waals surface area contributed by atoms with Crippen LogP contribution >= 0.6 is 0 Å². The van der Waals surface area contributed by atoms with Gasteiger partial charge in [-0.15, -0.1) is 0 Å². The Labute approximate surface area is 117 Å². The summed E-state index contributed by atoms with van der Waals surface area (Å²) in [5.41, 5.74) is 1.21. The molecule has 0 unspecified atom stereocenters. The molecule has 0 spiro atoms. The summed E-state index contributed by atoms with van der Waals surface area (Å²) in [6.07, 6.45) is 2.56. The lowest BCUT2D eigenvalue weighted by Gasteiger charge is -2.19. The molecule has 3 nitrogen and oxygen atoms in total. The van der Waals surface area contributed by atoms with E-state index in [9.17, 15) is 8.42 Å². The van der Waals surface area contributed by atoms with Crippen molar-refractivity contribution in [2.75, 3.05) is 5.75 Å². The molecule has 0 radical (unpaired) electrons. The fourth-order valence-electron chi connectivity index (χ4n) is 1.73. The maximum Gasteiger partial charge on any atom is 0.309 e. The van der Waals surface area contributed by atoms with E-state index in [0.717, 1.165) is 18.4 Å². The van der Waals surface area contributed by atoms with Crippen molar-refractivity contribution < 1.29 is 12.6 Å². The van der Waals surface area contributed by atoms with Crippen LogP contribution in [0.5, 0.6) is 5.75 Å². The van der Waals surface area contributed by atoms with E-state index in [1.807, 2.05) is 19.1 Å². The Bertz CT molecular complexity index is 481. The lowest BCUT2D eigenvalue weighted by Crippen LogP contribution is -2.14. The number of unbranched alkanes of at least 4 members (excludes halogenated alkanes) is 2. The molecule has 0 bridgehead atoms. The van der Waals surface area contributed by atoms with Crippen LogP contribution in [-0.4, -0.2) is 14.2 Å². The minimum atomic E-state index is -3.46. The summed E-state index contributed by atoms with van der Waals surface area (Å²) in [6, 6.07) is 7.27. The summed E-state index contributed by atoms with van der Waals surface area (Å²) in [4.78, 5) is 0. The first-order valence-corrected chi connectivity index (χ1v) is 8.35. The summed E-state index contributed by atoms with van der Waals surface area (Å²) in [6.45, 7) is 8.39. The summed E-state index contributed by atoms with van der Waals surface area (Å²) in [5.74, 6) is 0.478. The fourth-order valence-corrected chi connectivity index (χ4v) is 2.77. The molecule has 0 aliphatic heterocycles. The second-order valence-electron chi connectivity index (χ2n) is 5.83. The number of hydrogen-bond donors (Lipinski definition) is 0. The van der Waals surface area contributed by atoms with Gasteiger partial charge in [-0.05, 0) is 29.5 Å². The summed E-state index contributed by atoms with van der Waals surface area (Å²) in [5, 5.41) is 0. The van der Waals surface area contributed by atoms with Crippen molar-refractivity contribution in [3.05, 3.63) is 29.8 Å². The number of rotatable bonds is 6. The highest BCUT2D eigenvalue weighted by atomic mass is 32.2. The molecule has 0 aliphatic carbocycles. The third-order valence-corrected chi connectivity index (χ3v) is 4.18. The van der Waals surface area contributed by atoms with E-state index in [0.29, 0.717) is 12.2 Å². The lowest BCUT2D eigenvalue weighted by atomic mass is 9.87. The van der Waals surface area contributed by atoms with Gasteiger partial charge in [-0.1, -0.05) is 52.7 Å². The Morgan fingerprint density at radius 1 is 1.05 bits per heavy atom. The van der Waals surface area contributed by atoms with Crippen molar-refractivity contribution in [3.8, 4) is 5.75 Å². The van der Waals surface area contributed by atoms with Crippen LogP contribution in [0.4, 0.5) is 0 Å². The van der Waals surface area contributed by atoms with Crippen LogP contribution in [0.2, 0.25) is 0 Å². The molecule has 108 valence electrons. The van der Waals surface area contributed by atoms with Gasteiger partial charge in [-0.25, -0.2) is 0 Å². The lowest BCUT2D eigenvalue weighted by molar-refractivity contribution is 0.482. The molecule has 0 saturated carbocycles. The second-order valence-corrected chi connectivity index (χ2v) is 7.52. The Morgan fingerprint density at radius 2 is 1.63 bits per heavy atom. The van der Waals surface area contributed by atoms with Gasteiger partial charge in [-0.2, -0.15) is 8.42 Å². The molecule has 0 atom stereocenters. The highest BCUT2D eigenvalue weighted by molar-refractivity contribution is 7.87. The average Bonchev–Trinajstić information content (AvgIpc) is 2.28. The molecule has 0 heterocycles. The van der Waals surface area contributed by atoms with E-state index in [-0.39, 0.29) is 11.2 Å². The average molecular weight is 284 g/mol. The Balaban J connectivity index is 2.67. The van der Waals surface area contributed by atoms with E-state index >= 15 is 0 Å². The van der Waals surface area contributed by atoms with Gasteiger partial charge in [0.2, 0.25) is 0 Å². The molecule has 1 aromatic rings. The maximum atomic E-state index is 11.7. The van der Waals surface area contributed by atoms with Crippen LogP contribution in [0.1, 0.15) is 52.5 Å². The maximum absolute atomic E-state index is 11.7. The normalized spacial score (nSPS) is 12.4. The molecule has 1 rings (SSSR count). The quantitative estimate of drug-likeness (QED) is 0.588. The predicted molar refractivity (Wildman–Crippen MR) is 79.1 cm³/mol. The van der Waals surface area contributed by atoms with Gasteiger partial charge in [-0.3, -0.25) is 0 Å². The molecule has 1 aromatic carbocycles. The van der Waals surface area contributed by atoms with E-state index in [1.54, 1.807) is 12.1 Å². The molecular weight excluding hydrogens is 260 g/mol. The van der Waals surface area contributed by atoms with E-state index in [1.165, 1.54) is 0 Å². The largest absolute Gasteiger partial charge is 0.382 e. The summed E-state index contributed by atoms with van der Waals surface area (Å²) in [7, 11) is -3.46. The van der Waals surface area contributed by atoms with Gasteiger partial charge in [0.15, 0.2) is 0 Å². The van der Waals surface area contributed by atoms with Gasteiger partial charge in [0.25, 0.3) is 0 Å². The SMILES string of the molecule is CCCCCS(=O)(=O)Oc1ccc(C(C)(C)C)cc1. The van der Waals surface area contributed by atoms with E-state index in [2.05, 4.69) is 20.8 Å². The molecule has 19 heavy (non-hydrogen) atoms. The first kappa shape index (κ1) is 16.0. The predicted octanol–water partition coefficient (Wildman–Crippen LogP) is 3.88. The third-order valence-electron chi connectivity index (χ3n) is 2.94. The van der Waals surface area contributed by atoms with E-state index < -0.39 is 10.1 Å². The molecule has 4 heteroatoms. The first-order chi connectivity index (χ1) is 8.74. The van der Waals surface area contributed by atoms with Gasteiger partial charge in [0.05, 0.1) is 5.75 Å². The van der Waals surface area contributed by atoms with Crippen LogP contribution < -0.4 is 4.18 Å². The zero-order valence-electron chi connectivity index (χ0n) is 12.3. The monoisotopic (exact) mass is 284 g/mol. The summed E-state index contributed by atoms with van der Waals surface area (Å²) < 4.78 is 28.6. The van der Waals surface area contributed by atoms with Crippen molar-refractivity contribution in [3.63, 3.8) is 0 Å². The zero-order valence-corrected chi connectivity index (χ0v) is 13.1. The van der Waals surface area contributed by atoms with Crippen molar-refractivity contribution in [2.24, 2.45) is 0 Å². The fraction of sp³-hybridized carbons (Fsp3) is 0.600. The van der Waals surface area contributed by atoms with Gasteiger partial charge < -0.3 is 4.18 Å². The van der Waals surface area contributed by atoms with Crippen molar-refractivity contribution in [2.45, 2.75) is 52.4 Å². The highest BCUT2D eigenvalue weighted by Crippen LogP contribution is 2.24. The molecular formula is C15H24O3S. The van der Waals surface area contributed by atoms with Gasteiger partial charge >= 0.3 is 10.1 Å². The topological polar surface area (TPSA) is 43.4 Å². The minimum Gasteiger partial charge on any atom is -0.382 e. The first-order valence-electron chi connectivity index (χ1n) is 6.77. The Kier molecular flexibility index (Phi) is 5.41. The Morgan fingerprint density at radius 3 is 2.11 bits per heavy atom.